The molecule has 0 aliphatic heterocycles. The van der Waals surface area contributed by atoms with Crippen molar-refractivity contribution in [2.75, 3.05) is 5.32 Å². The minimum atomic E-state index is -0.346. The Morgan fingerprint density at radius 3 is 2.76 bits per heavy atom. The first kappa shape index (κ1) is 13.3. The lowest BCUT2D eigenvalue weighted by molar-refractivity contribution is 0.102. The number of aromatic nitrogens is 4. The zero-order valence-electron chi connectivity index (χ0n) is 10.7. The second-order valence-corrected chi connectivity index (χ2v) is 4.63. The molecular formula is C14H10ClN5O. The maximum absolute atomic E-state index is 12.0. The van der Waals surface area contributed by atoms with E-state index in [2.05, 4.69) is 25.7 Å². The number of benzene rings is 1. The summed E-state index contributed by atoms with van der Waals surface area (Å²) >= 11 is 5.64. The largest absolute Gasteiger partial charge is 0.321 e. The summed E-state index contributed by atoms with van der Waals surface area (Å²) in [5, 5.41) is 17.2. The van der Waals surface area contributed by atoms with Crippen molar-refractivity contribution in [1.29, 1.82) is 0 Å². The van der Waals surface area contributed by atoms with Crippen LogP contribution in [0.25, 0.3) is 11.3 Å². The lowest BCUT2D eigenvalue weighted by atomic mass is 10.1. The van der Waals surface area contributed by atoms with Crippen molar-refractivity contribution in [2.45, 2.75) is 0 Å². The van der Waals surface area contributed by atoms with Gasteiger partial charge in [0.05, 0.1) is 5.69 Å². The number of hydrogen-bond donors (Lipinski definition) is 2. The number of carbonyl (C=O) groups is 1. The number of halogens is 1. The summed E-state index contributed by atoms with van der Waals surface area (Å²) in [6.07, 6.45) is 1.67. The molecule has 2 aromatic heterocycles. The van der Waals surface area contributed by atoms with Crippen molar-refractivity contribution in [3.05, 3.63) is 59.5 Å². The predicted molar refractivity (Wildman–Crippen MR) is 79.0 cm³/mol. The molecule has 1 aromatic carbocycles. The molecule has 0 spiro atoms. The highest BCUT2D eigenvalue weighted by Gasteiger charge is 2.09. The quantitative estimate of drug-likeness (QED) is 0.779. The van der Waals surface area contributed by atoms with E-state index in [0.29, 0.717) is 5.69 Å². The second-order valence-electron chi connectivity index (χ2n) is 4.25. The van der Waals surface area contributed by atoms with Gasteiger partial charge in [-0.05, 0) is 30.3 Å². The summed E-state index contributed by atoms with van der Waals surface area (Å²) in [7, 11) is 0. The highest BCUT2D eigenvalue weighted by Crippen LogP contribution is 2.20. The molecule has 0 aliphatic rings. The Morgan fingerprint density at radius 2 is 2.05 bits per heavy atom. The number of amides is 1. The van der Waals surface area contributed by atoms with E-state index in [9.17, 15) is 4.79 Å². The molecular weight excluding hydrogens is 290 g/mol. The van der Waals surface area contributed by atoms with Gasteiger partial charge in [0.1, 0.15) is 0 Å². The minimum absolute atomic E-state index is 0.200. The van der Waals surface area contributed by atoms with Gasteiger partial charge in [-0.1, -0.05) is 23.7 Å². The molecule has 0 aliphatic carbocycles. The molecule has 0 bridgehead atoms. The van der Waals surface area contributed by atoms with Crippen molar-refractivity contribution in [1.82, 2.24) is 20.4 Å². The topological polar surface area (TPSA) is 83.6 Å². The monoisotopic (exact) mass is 299 g/mol. The maximum atomic E-state index is 12.0. The SMILES string of the molecule is O=C(Nc1cccc(-c2ccn[nH]2)c1)c1ccc(Cl)nn1. The summed E-state index contributed by atoms with van der Waals surface area (Å²) in [6, 6.07) is 12.3. The number of hydrogen-bond acceptors (Lipinski definition) is 4. The molecule has 104 valence electrons. The molecule has 0 fully saturated rings. The van der Waals surface area contributed by atoms with Crippen LogP contribution in [0.3, 0.4) is 0 Å². The van der Waals surface area contributed by atoms with Crippen LogP contribution >= 0.6 is 11.6 Å². The van der Waals surface area contributed by atoms with Crippen LogP contribution in [-0.4, -0.2) is 26.3 Å². The van der Waals surface area contributed by atoms with E-state index < -0.39 is 0 Å². The lowest BCUT2D eigenvalue weighted by Gasteiger charge is -2.06. The Bertz CT molecular complexity index is 755. The van der Waals surface area contributed by atoms with Crippen LogP contribution in [0, 0.1) is 0 Å². The zero-order chi connectivity index (χ0) is 14.7. The zero-order valence-corrected chi connectivity index (χ0v) is 11.5. The Morgan fingerprint density at radius 1 is 1.14 bits per heavy atom. The van der Waals surface area contributed by atoms with E-state index in [1.54, 1.807) is 12.3 Å². The van der Waals surface area contributed by atoms with Crippen molar-refractivity contribution >= 4 is 23.2 Å². The first-order valence-electron chi connectivity index (χ1n) is 6.13. The van der Waals surface area contributed by atoms with Crippen LogP contribution in [-0.2, 0) is 0 Å². The molecule has 1 amide bonds. The Balaban J connectivity index is 1.80. The first-order chi connectivity index (χ1) is 10.2. The van der Waals surface area contributed by atoms with Crippen molar-refractivity contribution < 1.29 is 4.79 Å². The third kappa shape index (κ3) is 3.06. The molecule has 2 heterocycles. The predicted octanol–water partition coefficient (Wildman–Crippen LogP) is 2.77. The molecule has 0 unspecified atom stereocenters. The number of carbonyl (C=O) groups excluding carboxylic acids is 1. The van der Waals surface area contributed by atoms with Gasteiger partial charge in [-0.2, -0.15) is 5.10 Å². The fourth-order valence-electron chi connectivity index (χ4n) is 1.81. The van der Waals surface area contributed by atoms with Gasteiger partial charge in [-0.3, -0.25) is 9.89 Å². The third-order valence-corrected chi connectivity index (χ3v) is 3.00. The van der Waals surface area contributed by atoms with Crippen molar-refractivity contribution in [2.24, 2.45) is 0 Å². The van der Waals surface area contributed by atoms with E-state index in [4.69, 9.17) is 11.6 Å². The van der Waals surface area contributed by atoms with Gasteiger partial charge in [0.2, 0.25) is 0 Å². The van der Waals surface area contributed by atoms with E-state index >= 15 is 0 Å². The summed E-state index contributed by atoms with van der Waals surface area (Å²) in [5.74, 6) is -0.346. The van der Waals surface area contributed by atoms with E-state index in [-0.39, 0.29) is 16.8 Å². The minimum Gasteiger partial charge on any atom is -0.321 e. The number of aromatic amines is 1. The van der Waals surface area contributed by atoms with Crippen molar-refractivity contribution in [3.63, 3.8) is 0 Å². The molecule has 3 rings (SSSR count). The third-order valence-electron chi connectivity index (χ3n) is 2.80. The highest BCUT2D eigenvalue weighted by molar-refractivity contribution is 6.29. The molecule has 0 saturated heterocycles. The van der Waals surface area contributed by atoms with Gasteiger partial charge < -0.3 is 5.32 Å². The maximum Gasteiger partial charge on any atom is 0.276 e. The molecule has 0 atom stereocenters. The molecule has 6 nitrogen and oxygen atoms in total. The van der Waals surface area contributed by atoms with Crippen LogP contribution in [0.4, 0.5) is 5.69 Å². The fourth-order valence-corrected chi connectivity index (χ4v) is 1.91. The average molecular weight is 300 g/mol. The van der Waals surface area contributed by atoms with Gasteiger partial charge in [0.15, 0.2) is 10.8 Å². The number of nitrogens with zero attached hydrogens (tertiary/aromatic N) is 3. The number of H-pyrrole nitrogens is 1. The highest BCUT2D eigenvalue weighted by atomic mass is 35.5. The lowest BCUT2D eigenvalue weighted by Crippen LogP contribution is -2.14. The second kappa shape index (κ2) is 5.72. The fraction of sp³-hybridized carbons (Fsp3) is 0. The number of anilines is 1. The van der Waals surface area contributed by atoms with Gasteiger partial charge in [-0.15, -0.1) is 10.2 Å². The number of nitrogens with one attached hydrogen (secondary N) is 2. The standard InChI is InChI=1S/C14H10ClN5O/c15-13-5-4-12(19-20-13)14(21)17-10-3-1-2-9(8-10)11-6-7-16-18-11/h1-8H,(H,16,18)(H,17,21). The number of rotatable bonds is 3. The molecule has 3 aromatic rings. The Hall–Kier alpha value is -2.73. The Kier molecular flexibility index (Phi) is 3.61. The molecule has 2 N–H and O–H groups in total. The summed E-state index contributed by atoms with van der Waals surface area (Å²) in [4.78, 5) is 12.0. The summed E-state index contributed by atoms with van der Waals surface area (Å²) in [6.45, 7) is 0. The van der Waals surface area contributed by atoms with Crippen LogP contribution in [0.15, 0.2) is 48.7 Å². The molecule has 7 heteroatoms. The van der Waals surface area contributed by atoms with E-state index in [1.165, 1.54) is 12.1 Å². The van der Waals surface area contributed by atoms with Crippen LogP contribution < -0.4 is 5.32 Å². The summed E-state index contributed by atoms with van der Waals surface area (Å²) in [5.41, 5.74) is 2.65. The molecule has 0 saturated carbocycles. The first-order valence-corrected chi connectivity index (χ1v) is 6.50. The van der Waals surface area contributed by atoms with Crippen LogP contribution in [0.1, 0.15) is 10.5 Å². The van der Waals surface area contributed by atoms with E-state index in [0.717, 1.165) is 11.3 Å². The molecule has 21 heavy (non-hydrogen) atoms. The van der Waals surface area contributed by atoms with E-state index in [1.807, 2.05) is 24.3 Å². The van der Waals surface area contributed by atoms with Gasteiger partial charge in [-0.25, -0.2) is 0 Å². The van der Waals surface area contributed by atoms with Crippen LogP contribution in [0.5, 0.6) is 0 Å². The van der Waals surface area contributed by atoms with Gasteiger partial charge in [0.25, 0.3) is 5.91 Å². The van der Waals surface area contributed by atoms with Crippen molar-refractivity contribution in [3.8, 4) is 11.3 Å². The van der Waals surface area contributed by atoms with Gasteiger partial charge in [0, 0.05) is 17.4 Å². The summed E-state index contributed by atoms with van der Waals surface area (Å²) < 4.78 is 0. The normalized spacial score (nSPS) is 10.3. The smallest absolute Gasteiger partial charge is 0.276 e. The molecule has 0 radical (unpaired) electrons. The Labute approximate surface area is 125 Å². The average Bonchev–Trinajstić information content (AvgIpc) is 3.02. The van der Waals surface area contributed by atoms with Gasteiger partial charge >= 0.3 is 0 Å². The van der Waals surface area contributed by atoms with Crippen LogP contribution in [0.2, 0.25) is 5.15 Å².